The van der Waals surface area contributed by atoms with Crippen LogP contribution in [0.1, 0.15) is 11.6 Å². The summed E-state index contributed by atoms with van der Waals surface area (Å²) in [6.07, 6.45) is 1.97. The molecule has 0 aliphatic heterocycles. The van der Waals surface area contributed by atoms with E-state index in [2.05, 4.69) is 10.0 Å². The molecule has 5 heteroatoms. The highest BCUT2D eigenvalue weighted by Crippen LogP contribution is 2.22. The first kappa shape index (κ1) is 10.9. The standard InChI is InChI=1S/C9H11N3OS/c1-14-8-4-2-3-7(5-8)9(6-13)11-12-10/h2-5,9,13H,6H2,1H3. The summed E-state index contributed by atoms with van der Waals surface area (Å²) in [6, 6.07) is 7.14. The van der Waals surface area contributed by atoms with Crippen LogP contribution >= 0.6 is 11.8 Å². The third kappa shape index (κ3) is 2.67. The SMILES string of the molecule is CSc1cccc(C(CO)N=[N+]=[N-])c1. The maximum atomic E-state index is 9.00. The Labute approximate surface area is 86.6 Å². The van der Waals surface area contributed by atoms with E-state index in [-0.39, 0.29) is 6.61 Å². The fraction of sp³-hybridized carbons (Fsp3) is 0.333. The van der Waals surface area contributed by atoms with Gasteiger partial charge in [0.2, 0.25) is 0 Å². The van der Waals surface area contributed by atoms with Gasteiger partial charge in [-0.25, -0.2) is 0 Å². The molecule has 0 aromatic heterocycles. The summed E-state index contributed by atoms with van der Waals surface area (Å²) in [5, 5.41) is 12.5. The van der Waals surface area contributed by atoms with E-state index in [1.165, 1.54) is 0 Å². The van der Waals surface area contributed by atoms with Crippen LogP contribution in [0.4, 0.5) is 0 Å². The molecule has 0 bridgehead atoms. The van der Waals surface area contributed by atoms with Crippen molar-refractivity contribution in [2.24, 2.45) is 5.11 Å². The Balaban J connectivity index is 2.97. The molecular formula is C9H11N3OS. The van der Waals surface area contributed by atoms with Gasteiger partial charge in [-0.2, -0.15) is 0 Å². The topological polar surface area (TPSA) is 69.0 Å². The van der Waals surface area contributed by atoms with Gasteiger partial charge in [0.15, 0.2) is 0 Å². The van der Waals surface area contributed by atoms with Crippen molar-refractivity contribution >= 4 is 11.8 Å². The van der Waals surface area contributed by atoms with E-state index in [4.69, 9.17) is 10.6 Å². The number of azide groups is 1. The molecule has 1 rings (SSSR count). The minimum Gasteiger partial charge on any atom is -0.396 e. The maximum absolute atomic E-state index is 9.00. The molecule has 0 spiro atoms. The monoisotopic (exact) mass is 209 g/mol. The molecule has 1 aromatic carbocycles. The highest BCUT2D eigenvalue weighted by atomic mass is 32.2. The summed E-state index contributed by atoms with van der Waals surface area (Å²) in [6.45, 7) is -0.165. The smallest absolute Gasteiger partial charge is 0.0856 e. The summed E-state index contributed by atoms with van der Waals surface area (Å²) in [5.74, 6) is 0. The van der Waals surface area contributed by atoms with E-state index in [0.29, 0.717) is 0 Å². The van der Waals surface area contributed by atoms with Gasteiger partial charge >= 0.3 is 0 Å². The molecule has 0 saturated carbocycles. The third-order valence-electron chi connectivity index (χ3n) is 1.84. The Morgan fingerprint density at radius 1 is 1.64 bits per heavy atom. The highest BCUT2D eigenvalue weighted by molar-refractivity contribution is 7.98. The number of rotatable bonds is 4. The maximum Gasteiger partial charge on any atom is 0.0856 e. The molecule has 0 aliphatic rings. The van der Waals surface area contributed by atoms with Gasteiger partial charge in [0.25, 0.3) is 0 Å². The van der Waals surface area contributed by atoms with E-state index in [1.807, 2.05) is 30.5 Å². The number of hydrogen-bond donors (Lipinski definition) is 1. The van der Waals surface area contributed by atoms with Crippen LogP contribution in [-0.2, 0) is 0 Å². The second-order valence-electron chi connectivity index (χ2n) is 2.68. The minimum absolute atomic E-state index is 0.165. The van der Waals surface area contributed by atoms with Crippen LogP contribution in [0.5, 0.6) is 0 Å². The first-order valence-corrected chi connectivity index (χ1v) is 5.33. The Morgan fingerprint density at radius 2 is 2.43 bits per heavy atom. The van der Waals surface area contributed by atoms with Crippen molar-refractivity contribution in [2.45, 2.75) is 10.9 Å². The molecule has 0 radical (unpaired) electrons. The van der Waals surface area contributed by atoms with E-state index >= 15 is 0 Å². The summed E-state index contributed by atoms with van der Waals surface area (Å²) in [5.41, 5.74) is 9.14. The molecule has 1 atom stereocenters. The number of aliphatic hydroxyl groups excluding tert-OH is 1. The Hall–Kier alpha value is -1.16. The van der Waals surface area contributed by atoms with Gasteiger partial charge in [-0.05, 0) is 29.5 Å². The van der Waals surface area contributed by atoms with Crippen LogP contribution in [0.3, 0.4) is 0 Å². The van der Waals surface area contributed by atoms with Crippen LogP contribution in [-0.4, -0.2) is 18.0 Å². The molecule has 0 heterocycles. The van der Waals surface area contributed by atoms with Crippen molar-refractivity contribution in [1.82, 2.24) is 0 Å². The average Bonchev–Trinajstić information content (AvgIpc) is 2.26. The zero-order chi connectivity index (χ0) is 10.4. The lowest BCUT2D eigenvalue weighted by atomic mass is 10.1. The predicted molar refractivity (Wildman–Crippen MR) is 57.2 cm³/mol. The van der Waals surface area contributed by atoms with Crippen molar-refractivity contribution in [3.8, 4) is 0 Å². The van der Waals surface area contributed by atoms with E-state index in [9.17, 15) is 0 Å². The van der Waals surface area contributed by atoms with Gasteiger partial charge in [-0.15, -0.1) is 11.8 Å². The lowest BCUT2D eigenvalue weighted by Gasteiger charge is -2.08. The minimum atomic E-state index is -0.480. The number of benzene rings is 1. The van der Waals surface area contributed by atoms with E-state index in [1.54, 1.807) is 11.8 Å². The largest absolute Gasteiger partial charge is 0.396 e. The number of aliphatic hydroxyl groups is 1. The van der Waals surface area contributed by atoms with Crippen LogP contribution in [0, 0.1) is 0 Å². The van der Waals surface area contributed by atoms with Crippen molar-refractivity contribution in [3.05, 3.63) is 40.3 Å². The van der Waals surface area contributed by atoms with Crippen molar-refractivity contribution in [3.63, 3.8) is 0 Å². The molecule has 4 nitrogen and oxygen atoms in total. The molecule has 1 unspecified atom stereocenters. The molecule has 0 amide bonds. The van der Waals surface area contributed by atoms with Gasteiger partial charge in [0.05, 0.1) is 12.6 Å². The molecule has 1 aromatic rings. The van der Waals surface area contributed by atoms with E-state index in [0.717, 1.165) is 10.5 Å². The van der Waals surface area contributed by atoms with Gasteiger partial charge < -0.3 is 5.11 Å². The van der Waals surface area contributed by atoms with Crippen molar-refractivity contribution < 1.29 is 5.11 Å². The molecule has 74 valence electrons. The number of nitrogens with zero attached hydrogens (tertiary/aromatic N) is 3. The fourth-order valence-electron chi connectivity index (χ4n) is 1.12. The first-order valence-electron chi connectivity index (χ1n) is 4.11. The van der Waals surface area contributed by atoms with Gasteiger partial charge in [-0.3, -0.25) is 0 Å². The summed E-state index contributed by atoms with van der Waals surface area (Å²) >= 11 is 1.61. The van der Waals surface area contributed by atoms with Crippen molar-refractivity contribution in [1.29, 1.82) is 0 Å². The van der Waals surface area contributed by atoms with Crippen LogP contribution in [0.25, 0.3) is 10.4 Å². The zero-order valence-corrected chi connectivity index (χ0v) is 8.61. The molecule has 0 fully saturated rings. The molecule has 0 saturated heterocycles. The summed E-state index contributed by atoms with van der Waals surface area (Å²) in [7, 11) is 0. The zero-order valence-electron chi connectivity index (χ0n) is 7.79. The Kier molecular flexibility index (Phi) is 4.32. The van der Waals surface area contributed by atoms with Gasteiger partial charge in [0.1, 0.15) is 0 Å². The summed E-state index contributed by atoms with van der Waals surface area (Å²) in [4.78, 5) is 3.79. The first-order chi connectivity index (χ1) is 6.81. The molecule has 0 aliphatic carbocycles. The Bertz CT molecular complexity index is 350. The molecule has 1 N–H and O–H groups in total. The van der Waals surface area contributed by atoms with Gasteiger partial charge in [-0.1, -0.05) is 17.2 Å². The second kappa shape index (κ2) is 5.54. The van der Waals surface area contributed by atoms with Crippen LogP contribution < -0.4 is 0 Å². The van der Waals surface area contributed by atoms with Crippen molar-refractivity contribution in [2.75, 3.05) is 12.9 Å². The average molecular weight is 209 g/mol. The fourth-order valence-corrected chi connectivity index (χ4v) is 1.59. The van der Waals surface area contributed by atoms with Gasteiger partial charge in [0, 0.05) is 9.81 Å². The quantitative estimate of drug-likeness (QED) is 0.358. The van der Waals surface area contributed by atoms with E-state index < -0.39 is 6.04 Å². The highest BCUT2D eigenvalue weighted by Gasteiger charge is 2.07. The van der Waals surface area contributed by atoms with Crippen LogP contribution in [0.2, 0.25) is 0 Å². The molecular weight excluding hydrogens is 198 g/mol. The molecule has 14 heavy (non-hydrogen) atoms. The lowest BCUT2D eigenvalue weighted by molar-refractivity contribution is 0.268. The van der Waals surface area contributed by atoms with Crippen LogP contribution in [0.15, 0.2) is 34.3 Å². The second-order valence-corrected chi connectivity index (χ2v) is 3.56. The number of hydrogen-bond acceptors (Lipinski definition) is 3. The lowest BCUT2D eigenvalue weighted by Crippen LogP contribution is -1.99. The number of thioether (sulfide) groups is 1. The third-order valence-corrected chi connectivity index (χ3v) is 2.57. The Morgan fingerprint density at radius 3 is 3.00 bits per heavy atom. The summed E-state index contributed by atoms with van der Waals surface area (Å²) < 4.78 is 0. The predicted octanol–water partition coefficient (Wildman–Crippen LogP) is 2.75. The normalized spacial score (nSPS) is 11.9.